The van der Waals surface area contributed by atoms with E-state index in [-0.39, 0.29) is 5.48 Å². The van der Waals surface area contributed by atoms with Gasteiger partial charge in [0.2, 0.25) is 0 Å². The SMILES string of the molecule is C[N+](C)(C)CC=Cc1ccccc1.[OH-]. The van der Waals surface area contributed by atoms with Crippen molar-refractivity contribution in [1.29, 1.82) is 0 Å². The molecule has 1 aromatic carbocycles. The Morgan fingerprint density at radius 1 is 1.07 bits per heavy atom. The van der Waals surface area contributed by atoms with Crippen molar-refractivity contribution in [2.75, 3.05) is 27.7 Å². The largest absolute Gasteiger partial charge is 0.870 e. The quantitative estimate of drug-likeness (QED) is 0.677. The van der Waals surface area contributed by atoms with Crippen molar-refractivity contribution in [1.82, 2.24) is 0 Å². The molecule has 0 atom stereocenters. The molecule has 2 heteroatoms. The normalized spacial score (nSPS) is 11.4. The summed E-state index contributed by atoms with van der Waals surface area (Å²) in [4.78, 5) is 0. The van der Waals surface area contributed by atoms with Crippen LogP contribution in [0.2, 0.25) is 0 Å². The Hall–Kier alpha value is -1.12. The second kappa shape index (κ2) is 5.58. The lowest BCUT2D eigenvalue weighted by Gasteiger charge is -2.21. The van der Waals surface area contributed by atoms with Crippen LogP contribution in [0.4, 0.5) is 0 Å². The van der Waals surface area contributed by atoms with E-state index in [2.05, 4.69) is 57.6 Å². The Bertz CT molecular complexity index is 272. The molecule has 1 aromatic rings. The highest BCUT2D eigenvalue weighted by atomic mass is 16.0. The summed E-state index contributed by atoms with van der Waals surface area (Å²) in [5.41, 5.74) is 1.27. The summed E-state index contributed by atoms with van der Waals surface area (Å²) in [6.07, 6.45) is 4.39. The van der Waals surface area contributed by atoms with Crippen molar-refractivity contribution in [3.63, 3.8) is 0 Å². The Morgan fingerprint density at radius 3 is 2.14 bits per heavy atom. The van der Waals surface area contributed by atoms with E-state index >= 15 is 0 Å². The Kier molecular flexibility index (Phi) is 5.13. The molecule has 0 radical (unpaired) electrons. The average molecular weight is 193 g/mol. The highest BCUT2D eigenvalue weighted by molar-refractivity contribution is 5.48. The Labute approximate surface area is 86.4 Å². The molecule has 0 fully saturated rings. The molecular formula is C12H19NO. The molecule has 0 saturated carbocycles. The molecule has 1 N–H and O–H groups in total. The fourth-order valence-electron chi connectivity index (χ4n) is 1.07. The van der Waals surface area contributed by atoms with Crippen LogP contribution in [0.15, 0.2) is 36.4 Å². The Morgan fingerprint density at radius 2 is 1.64 bits per heavy atom. The number of hydrogen-bond acceptors (Lipinski definition) is 1. The van der Waals surface area contributed by atoms with E-state index in [0.29, 0.717) is 0 Å². The van der Waals surface area contributed by atoms with Gasteiger partial charge in [0.15, 0.2) is 0 Å². The van der Waals surface area contributed by atoms with E-state index in [1.807, 2.05) is 6.07 Å². The van der Waals surface area contributed by atoms with Gasteiger partial charge in [-0.2, -0.15) is 0 Å². The number of hydrogen-bond donors (Lipinski definition) is 0. The number of likely N-dealkylation sites (N-methyl/N-ethyl adjacent to an activating group) is 1. The van der Waals surface area contributed by atoms with Crippen molar-refractivity contribution >= 4 is 6.08 Å². The van der Waals surface area contributed by atoms with Gasteiger partial charge in [0.25, 0.3) is 0 Å². The van der Waals surface area contributed by atoms with Gasteiger partial charge < -0.3 is 9.96 Å². The first kappa shape index (κ1) is 12.9. The van der Waals surface area contributed by atoms with Gasteiger partial charge in [-0.05, 0) is 11.6 Å². The lowest BCUT2D eigenvalue weighted by atomic mass is 10.2. The van der Waals surface area contributed by atoms with Crippen molar-refractivity contribution in [3.05, 3.63) is 42.0 Å². The first-order valence-corrected chi connectivity index (χ1v) is 4.60. The number of rotatable bonds is 3. The number of quaternary nitrogens is 1. The van der Waals surface area contributed by atoms with Crippen LogP contribution in [-0.4, -0.2) is 37.6 Å². The third-order valence-electron chi connectivity index (χ3n) is 1.76. The molecule has 0 saturated heterocycles. The standard InChI is InChI=1S/C12H18N.H2O/c1-13(2,3)11-7-10-12-8-5-4-6-9-12;/h4-10H,11H2,1-3H3;1H2/q+1;/p-1. The second-order valence-electron chi connectivity index (χ2n) is 4.29. The molecule has 14 heavy (non-hydrogen) atoms. The zero-order valence-corrected chi connectivity index (χ0v) is 9.14. The first-order valence-electron chi connectivity index (χ1n) is 4.60. The molecule has 0 spiro atoms. The molecule has 0 aliphatic rings. The summed E-state index contributed by atoms with van der Waals surface area (Å²) in [6, 6.07) is 10.4. The lowest BCUT2D eigenvalue weighted by Crippen LogP contribution is -2.34. The van der Waals surface area contributed by atoms with Crippen LogP contribution in [0.1, 0.15) is 5.56 Å². The summed E-state index contributed by atoms with van der Waals surface area (Å²) < 4.78 is 0.976. The van der Waals surface area contributed by atoms with Gasteiger partial charge in [-0.15, -0.1) is 0 Å². The van der Waals surface area contributed by atoms with Gasteiger partial charge in [0, 0.05) is 0 Å². The van der Waals surface area contributed by atoms with Crippen molar-refractivity contribution < 1.29 is 9.96 Å². The van der Waals surface area contributed by atoms with Crippen LogP contribution < -0.4 is 0 Å². The van der Waals surface area contributed by atoms with Gasteiger partial charge in [0.05, 0.1) is 27.7 Å². The van der Waals surface area contributed by atoms with Crippen molar-refractivity contribution in [2.24, 2.45) is 0 Å². The number of nitrogens with zero attached hydrogens (tertiary/aromatic N) is 1. The molecule has 0 aliphatic carbocycles. The molecule has 0 aliphatic heterocycles. The predicted octanol–water partition coefficient (Wildman–Crippen LogP) is 2.23. The minimum Gasteiger partial charge on any atom is -0.870 e. The zero-order valence-electron chi connectivity index (χ0n) is 9.14. The van der Waals surface area contributed by atoms with E-state index in [1.165, 1.54) is 5.56 Å². The summed E-state index contributed by atoms with van der Waals surface area (Å²) >= 11 is 0. The molecule has 0 aromatic heterocycles. The summed E-state index contributed by atoms with van der Waals surface area (Å²) in [6.45, 7) is 1.06. The van der Waals surface area contributed by atoms with Crippen LogP contribution in [0.3, 0.4) is 0 Å². The molecule has 78 valence electrons. The molecule has 2 nitrogen and oxygen atoms in total. The topological polar surface area (TPSA) is 30.0 Å². The third kappa shape index (κ3) is 5.51. The minimum absolute atomic E-state index is 0. The molecule has 1 rings (SSSR count). The van der Waals surface area contributed by atoms with Crippen LogP contribution >= 0.6 is 0 Å². The maximum atomic E-state index is 2.22. The average Bonchev–Trinajstić information content (AvgIpc) is 2.04. The van der Waals surface area contributed by atoms with Gasteiger partial charge in [0.1, 0.15) is 0 Å². The monoisotopic (exact) mass is 193 g/mol. The van der Waals surface area contributed by atoms with Crippen molar-refractivity contribution in [2.45, 2.75) is 0 Å². The van der Waals surface area contributed by atoms with Gasteiger partial charge in [-0.25, -0.2) is 0 Å². The van der Waals surface area contributed by atoms with E-state index in [0.717, 1.165) is 11.0 Å². The zero-order chi connectivity index (χ0) is 9.73. The second-order valence-corrected chi connectivity index (χ2v) is 4.29. The maximum absolute atomic E-state index is 2.22. The smallest absolute Gasteiger partial charge is 0.0970 e. The molecule has 0 heterocycles. The summed E-state index contributed by atoms with van der Waals surface area (Å²) in [7, 11) is 6.57. The van der Waals surface area contributed by atoms with E-state index < -0.39 is 0 Å². The third-order valence-corrected chi connectivity index (χ3v) is 1.76. The van der Waals surface area contributed by atoms with Crippen molar-refractivity contribution in [3.8, 4) is 0 Å². The van der Waals surface area contributed by atoms with Gasteiger partial charge in [-0.1, -0.05) is 36.4 Å². The molecule has 0 bridgehead atoms. The Balaban J connectivity index is 0.00000169. The van der Waals surface area contributed by atoms with Crippen LogP contribution in [-0.2, 0) is 0 Å². The predicted molar refractivity (Wildman–Crippen MR) is 60.3 cm³/mol. The highest BCUT2D eigenvalue weighted by Gasteiger charge is 2.01. The van der Waals surface area contributed by atoms with Crippen LogP contribution in [0.25, 0.3) is 6.08 Å². The summed E-state index contributed by atoms with van der Waals surface area (Å²) in [5.74, 6) is 0. The number of benzene rings is 1. The first-order chi connectivity index (χ1) is 6.08. The van der Waals surface area contributed by atoms with E-state index in [9.17, 15) is 0 Å². The minimum atomic E-state index is 0. The van der Waals surface area contributed by atoms with Crippen LogP contribution in [0, 0.1) is 0 Å². The van der Waals surface area contributed by atoms with E-state index in [4.69, 9.17) is 0 Å². The van der Waals surface area contributed by atoms with Gasteiger partial charge in [-0.3, -0.25) is 0 Å². The molecular weight excluding hydrogens is 174 g/mol. The maximum Gasteiger partial charge on any atom is 0.0970 e. The summed E-state index contributed by atoms with van der Waals surface area (Å²) in [5, 5.41) is 0. The van der Waals surface area contributed by atoms with E-state index in [1.54, 1.807) is 0 Å². The fourth-order valence-corrected chi connectivity index (χ4v) is 1.07. The highest BCUT2D eigenvalue weighted by Crippen LogP contribution is 2.01. The van der Waals surface area contributed by atoms with Gasteiger partial charge >= 0.3 is 0 Å². The molecule has 0 unspecified atom stereocenters. The van der Waals surface area contributed by atoms with Crippen LogP contribution in [0.5, 0.6) is 0 Å². The lowest BCUT2D eigenvalue weighted by molar-refractivity contribution is -0.864. The fraction of sp³-hybridized carbons (Fsp3) is 0.333. The molecule has 0 amide bonds.